The highest BCUT2D eigenvalue weighted by atomic mass is 14.8. The fourth-order valence-electron chi connectivity index (χ4n) is 0.329. The number of allylic oxidation sites excluding steroid dienone is 1. The minimum absolute atomic E-state index is 0.0486. The van der Waals surface area contributed by atoms with Crippen molar-refractivity contribution in [3.8, 4) is 6.07 Å². The molecule has 0 fully saturated rings. The van der Waals surface area contributed by atoms with Gasteiger partial charge < -0.3 is 10.6 Å². The SMILES string of the molecule is [C-]#[N+]C/C(N)=C(/C#N)[N+]#[C-]. The van der Waals surface area contributed by atoms with Gasteiger partial charge in [-0.1, -0.05) is 0 Å². The lowest BCUT2D eigenvalue weighted by Crippen LogP contribution is -2.02. The minimum Gasteiger partial charge on any atom is -0.404 e. The van der Waals surface area contributed by atoms with Crippen LogP contribution in [0.1, 0.15) is 0 Å². The van der Waals surface area contributed by atoms with Gasteiger partial charge in [-0.2, -0.15) is 0 Å². The summed E-state index contributed by atoms with van der Waals surface area (Å²) in [4.78, 5) is 5.75. The third-order valence-corrected chi connectivity index (χ3v) is 0.771. The van der Waals surface area contributed by atoms with Crippen molar-refractivity contribution in [3.05, 3.63) is 34.2 Å². The van der Waals surface area contributed by atoms with Crippen LogP contribution in [0.4, 0.5) is 0 Å². The van der Waals surface area contributed by atoms with Gasteiger partial charge in [0.2, 0.25) is 6.54 Å². The van der Waals surface area contributed by atoms with Crippen molar-refractivity contribution < 1.29 is 0 Å². The number of hydrogen-bond donors (Lipinski definition) is 1. The summed E-state index contributed by atoms with van der Waals surface area (Å²) < 4.78 is 0. The van der Waals surface area contributed by atoms with Gasteiger partial charge in [-0.05, 0) is 0 Å². The van der Waals surface area contributed by atoms with Crippen LogP contribution in [-0.2, 0) is 0 Å². The molecule has 0 rings (SSSR count). The lowest BCUT2D eigenvalue weighted by atomic mass is 10.3. The van der Waals surface area contributed by atoms with Crippen LogP contribution in [-0.4, -0.2) is 6.54 Å². The summed E-state index contributed by atoms with van der Waals surface area (Å²) in [7, 11) is 0. The quantitative estimate of drug-likeness (QED) is 0.417. The fraction of sp³-hybridized carbons (Fsp3) is 0.167. The van der Waals surface area contributed by atoms with E-state index in [0.29, 0.717) is 0 Å². The molecule has 0 saturated carbocycles. The van der Waals surface area contributed by atoms with Gasteiger partial charge >= 0.3 is 0 Å². The van der Waals surface area contributed by atoms with Gasteiger partial charge in [0.1, 0.15) is 5.70 Å². The summed E-state index contributed by atoms with van der Waals surface area (Å²) in [5, 5.41) is 8.22. The first-order chi connectivity index (χ1) is 4.76. The van der Waals surface area contributed by atoms with E-state index < -0.39 is 0 Å². The van der Waals surface area contributed by atoms with Crippen LogP contribution in [0.2, 0.25) is 0 Å². The molecule has 0 aromatic rings. The Bertz CT molecular complexity index is 252. The number of nitrogens with zero attached hydrogens (tertiary/aromatic N) is 3. The maximum atomic E-state index is 8.22. The van der Waals surface area contributed by atoms with E-state index >= 15 is 0 Å². The molecule has 0 amide bonds. The third-order valence-electron chi connectivity index (χ3n) is 0.771. The van der Waals surface area contributed by atoms with Gasteiger partial charge in [0, 0.05) is 0 Å². The van der Waals surface area contributed by atoms with Crippen LogP contribution in [0.5, 0.6) is 0 Å². The van der Waals surface area contributed by atoms with Crippen LogP contribution in [0, 0.1) is 24.5 Å². The Balaban J connectivity index is 4.56. The second-order valence-electron chi connectivity index (χ2n) is 1.41. The van der Waals surface area contributed by atoms with Gasteiger partial charge in [-0.15, -0.1) is 0 Å². The van der Waals surface area contributed by atoms with Gasteiger partial charge in [0.15, 0.2) is 0 Å². The highest BCUT2D eigenvalue weighted by Gasteiger charge is 2.02. The highest BCUT2D eigenvalue weighted by Crippen LogP contribution is 1.98. The number of nitrogens with two attached hydrogens (primary N) is 1. The highest BCUT2D eigenvalue weighted by molar-refractivity contribution is 5.32. The molecule has 0 saturated heterocycles. The lowest BCUT2D eigenvalue weighted by molar-refractivity contribution is 1.21. The monoisotopic (exact) mass is 132 g/mol. The van der Waals surface area contributed by atoms with Crippen molar-refractivity contribution in [1.82, 2.24) is 0 Å². The van der Waals surface area contributed by atoms with E-state index in [-0.39, 0.29) is 17.9 Å². The van der Waals surface area contributed by atoms with Crippen molar-refractivity contribution >= 4 is 0 Å². The molecule has 0 aliphatic heterocycles. The predicted molar refractivity (Wildman–Crippen MR) is 34.9 cm³/mol. The molecule has 10 heavy (non-hydrogen) atoms. The Labute approximate surface area is 58.8 Å². The zero-order valence-electron chi connectivity index (χ0n) is 5.13. The Kier molecular flexibility index (Phi) is 3.16. The molecule has 0 bridgehead atoms. The molecular formula is C6H4N4. The molecule has 0 aliphatic rings. The van der Waals surface area contributed by atoms with Crippen LogP contribution in [0.15, 0.2) is 11.4 Å². The zero-order valence-corrected chi connectivity index (χ0v) is 5.13. The smallest absolute Gasteiger partial charge is 0.287 e. The Morgan fingerprint density at radius 3 is 2.50 bits per heavy atom. The fourth-order valence-corrected chi connectivity index (χ4v) is 0.329. The third kappa shape index (κ3) is 1.86. The summed E-state index contributed by atoms with van der Waals surface area (Å²) in [5.41, 5.74) is 5.04. The maximum Gasteiger partial charge on any atom is 0.287 e. The number of hydrogen-bond acceptors (Lipinski definition) is 2. The molecule has 0 spiro atoms. The second-order valence-corrected chi connectivity index (χ2v) is 1.41. The molecule has 0 unspecified atom stereocenters. The van der Waals surface area contributed by atoms with Crippen LogP contribution in [0.3, 0.4) is 0 Å². The summed E-state index contributed by atoms with van der Waals surface area (Å²) in [6.07, 6.45) is 0. The summed E-state index contributed by atoms with van der Waals surface area (Å²) >= 11 is 0. The lowest BCUT2D eigenvalue weighted by Gasteiger charge is -1.86. The maximum absolute atomic E-state index is 8.22. The van der Waals surface area contributed by atoms with E-state index in [0.717, 1.165) is 0 Å². The van der Waals surface area contributed by atoms with Gasteiger partial charge in [0.25, 0.3) is 5.70 Å². The molecule has 0 aromatic carbocycles. The van der Waals surface area contributed by atoms with Crippen molar-refractivity contribution in [3.63, 3.8) is 0 Å². The van der Waals surface area contributed by atoms with Crippen molar-refractivity contribution in [1.29, 1.82) is 5.26 Å². The van der Waals surface area contributed by atoms with E-state index in [2.05, 4.69) is 9.69 Å². The number of rotatable bonds is 1. The van der Waals surface area contributed by atoms with E-state index in [1.807, 2.05) is 0 Å². The standard InChI is InChI=1S/C6H4N4/c1-9-4-5(8)6(3-7)10-2/h4,8H2/b6-5+. The second kappa shape index (κ2) is 3.95. The number of nitriles is 1. The van der Waals surface area contributed by atoms with E-state index in [4.69, 9.17) is 24.1 Å². The van der Waals surface area contributed by atoms with Gasteiger partial charge in [-0.3, -0.25) is 0 Å². The van der Waals surface area contributed by atoms with Crippen molar-refractivity contribution in [2.75, 3.05) is 6.54 Å². The van der Waals surface area contributed by atoms with E-state index in [1.165, 1.54) is 0 Å². The first-order valence-corrected chi connectivity index (χ1v) is 2.35. The summed E-state index contributed by atoms with van der Waals surface area (Å²) in [6.45, 7) is 12.7. The Morgan fingerprint density at radius 2 is 2.20 bits per heavy atom. The molecule has 0 atom stereocenters. The van der Waals surface area contributed by atoms with Crippen LogP contribution in [0.25, 0.3) is 9.69 Å². The molecule has 0 aromatic heterocycles. The van der Waals surface area contributed by atoms with Crippen molar-refractivity contribution in [2.24, 2.45) is 5.73 Å². The molecule has 0 aliphatic carbocycles. The molecule has 4 heteroatoms. The Hall–Kier alpha value is -1.99. The van der Waals surface area contributed by atoms with E-state index in [1.54, 1.807) is 6.07 Å². The topological polar surface area (TPSA) is 58.5 Å². The van der Waals surface area contributed by atoms with Crippen LogP contribution >= 0.6 is 0 Å². The van der Waals surface area contributed by atoms with Gasteiger partial charge in [0.05, 0.1) is 12.6 Å². The summed E-state index contributed by atoms with van der Waals surface area (Å²) in [5.74, 6) is 0. The first-order valence-electron chi connectivity index (χ1n) is 2.35. The molecule has 0 radical (unpaired) electrons. The molecule has 2 N–H and O–H groups in total. The van der Waals surface area contributed by atoms with Crippen LogP contribution < -0.4 is 5.73 Å². The van der Waals surface area contributed by atoms with E-state index in [9.17, 15) is 0 Å². The molecule has 48 valence electrons. The minimum atomic E-state index is -0.184. The molecule has 4 nitrogen and oxygen atoms in total. The zero-order chi connectivity index (χ0) is 7.98. The normalized spacial score (nSPS) is 10.1. The average Bonchev–Trinajstić information content (AvgIpc) is 1.91. The average molecular weight is 132 g/mol. The van der Waals surface area contributed by atoms with Gasteiger partial charge in [-0.25, -0.2) is 16.7 Å². The molecular weight excluding hydrogens is 128 g/mol. The molecule has 0 heterocycles. The first kappa shape index (κ1) is 8.01. The largest absolute Gasteiger partial charge is 0.404 e. The predicted octanol–water partition coefficient (Wildman–Crippen LogP) is 0.519. The van der Waals surface area contributed by atoms with Crippen molar-refractivity contribution in [2.45, 2.75) is 0 Å². The Morgan fingerprint density at radius 1 is 1.60 bits per heavy atom. The summed E-state index contributed by atoms with van der Waals surface area (Å²) in [6, 6.07) is 1.59.